The molecule has 2 aromatic heterocycles. The van der Waals surface area contributed by atoms with Crippen LogP contribution in [0, 0.1) is 0 Å². The normalized spacial score (nSPS) is 14.4. The lowest BCUT2D eigenvalue weighted by atomic mass is 9.90. The second-order valence-electron chi connectivity index (χ2n) is 5.39. The van der Waals surface area contributed by atoms with E-state index in [9.17, 15) is 0 Å². The highest BCUT2D eigenvalue weighted by Gasteiger charge is 2.19. The number of nitrogens with one attached hydrogen (secondary N) is 1. The quantitative estimate of drug-likeness (QED) is 0.751. The minimum atomic E-state index is 0.405. The molecule has 0 saturated carbocycles. The Balaban J connectivity index is 1.79. The first kappa shape index (κ1) is 14.3. The molecule has 1 aromatic carbocycles. The molecule has 0 aliphatic heterocycles. The lowest BCUT2D eigenvalue weighted by Crippen LogP contribution is -2.35. The summed E-state index contributed by atoms with van der Waals surface area (Å²) < 4.78 is 2.11. The summed E-state index contributed by atoms with van der Waals surface area (Å²) in [5.41, 5.74) is 2.54. The molecule has 3 rings (SSSR count). The summed E-state index contributed by atoms with van der Waals surface area (Å²) in [6.07, 6.45) is 5.17. The fraction of sp³-hybridized carbons (Fsp3) is 0.353. The van der Waals surface area contributed by atoms with Gasteiger partial charge in [-0.25, -0.2) is 4.98 Å². The molecule has 0 amide bonds. The summed E-state index contributed by atoms with van der Waals surface area (Å²) >= 11 is 1.68. The van der Waals surface area contributed by atoms with Crippen LogP contribution in [0.5, 0.6) is 0 Å². The maximum Gasteiger partial charge on any atom is 0.193 e. The Morgan fingerprint density at radius 2 is 2.10 bits per heavy atom. The van der Waals surface area contributed by atoms with E-state index in [4.69, 9.17) is 4.98 Å². The maximum absolute atomic E-state index is 4.71. The van der Waals surface area contributed by atoms with Crippen LogP contribution < -0.4 is 5.32 Å². The number of benzene rings is 1. The van der Waals surface area contributed by atoms with Gasteiger partial charge in [-0.05, 0) is 18.0 Å². The molecule has 2 atom stereocenters. The third kappa shape index (κ3) is 3.17. The van der Waals surface area contributed by atoms with E-state index < -0.39 is 0 Å². The molecule has 0 aliphatic rings. The van der Waals surface area contributed by atoms with Crippen molar-refractivity contribution < 1.29 is 0 Å². The predicted molar refractivity (Wildman–Crippen MR) is 89.1 cm³/mol. The standard InChI is InChI=1S/C17H21N3S/c1-3-18-16(13(2)14-7-5-4-6-8-14)11-15-12-20-9-10-21-17(20)19-15/h4-10,12-13,16,18H,3,11H2,1-2H3. The lowest BCUT2D eigenvalue weighted by molar-refractivity contribution is 0.455. The zero-order chi connectivity index (χ0) is 14.7. The summed E-state index contributed by atoms with van der Waals surface area (Å²) in [5.74, 6) is 0.464. The predicted octanol–water partition coefficient (Wildman–Crippen LogP) is 3.72. The second kappa shape index (κ2) is 6.41. The van der Waals surface area contributed by atoms with Crippen molar-refractivity contribution in [1.29, 1.82) is 0 Å². The number of thiazole rings is 1. The first-order chi connectivity index (χ1) is 10.3. The fourth-order valence-electron chi connectivity index (χ4n) is 2.78. The fourth-order valence-corrected chi connectivity index (χ4v) is 3.50. The summed E-state index contributed by atoms with van der Waals surface area (Å²) in [4.78, 5) is 5.79. The van der Waals surface area contributed by atoms with Gasteiger partial charge in [0.1, 0.15) is 0 Å². The van der Waals surface area contributed by atoms with Crippen molar-refractivity contribution in [2.75, 3.05) is 6.54 Å². The Kier molecular flexibility index (Phi) is 4.36. The van der Waals surface area contributed by atoms with E-state index in [1.807, 2.05) is 0 Å². The van der Waals surface area contributed by atoms with E-state index in [0.717, 1.165) is 23.6 Å². The van der Waals surface area contributed by atoms with Gasteiger partial charge in [-0.2, -0.15) is 0 Å². The van der Waals surface area contributed by atoms with E-state index in [1.54, 1.807) is 11.3 Å². The molecular formula is C17H21N3S. The van der Waals surface area contributed by atoms with Crippen LogP contribution in [0.4, 0.5) is 0 Å². The smallest absolute Gasteiger partial charge is 0.193 e. The second-order valence-corrected chi connectivity index (χ2v) is 6.27. The van der Waals surface area contributed by atoms with E-state index >= 15 is 0 Å². The molecule has 2 unspecified atom stereocenters. The van der Waals surface area contributed by atoms with Crippen molar-refractivity contribution in [3.63, 3.8) is 0 Å². The molecular weight excluding hydrogens is 278 g/mol. The molecule has 1 N–H and O–H groups in total. The molecule has 4 heteroatoms. The maximum atomic E-state index is 4.71. The van der Waals surface area contributed by atoms with Gasteiger partial charge in [0.2, 0.25) is 0 Å². The van der Waals surface area contributed by atoms with Gasteiger partial charge in [0, 0.05) is 30.2 Å². The zero-order valence-corrected chi connectivity index (χ0v) is 13.3. The van der Waals surface area contributed by atoms with E-state index in [1.165, 1.54) is 5.56 Å². The molecule has 0 saturated heterocycles. The SMILES string of the molecule is CCNC(Cc1cn2ccsc2n1)C(C)c1ccccc1. The minimum Gasteiger partial charge on any atom is -0.313 e. The number of fused-ring (bicyclic) bond motifs is 1. The number of aromatic nitrogens is 2. The van der Waals surface area contributed by atoms with Crippen LogP contribution in [-0.4, -0.2) is 22.0 Å². The molecule has 21 heavy (non-hydrogen) atoms. The lowest BCUT2D eigenvalue weighted by Gasteiger charge is -2.24. The van der Waals surface area contributed by atoms with Gasteiger partial charge >= 0.3 is 0 Å². The van der Waals surface area contributed by atoms with Gasteiger partial charge in [-0.3, -0.25) is 4.40 Å². The highest BCUT2D eigenvalue weighted by Crippen LogP contribution is 2.22. The van der Waals surface area contributed by atoms with Gasteiger partial charge in [0.25, 0.3) is 0 Å². The van der Waals surface area contributed by atoms with E-state index in [-0.39, 0.29) is 0 Å². The van der Waals surface area contributed by atoms with Crippen LogP contribution in [0.25, 0.3) is 4.96 Å². The summed E-state index contributed by atoms with van der Waals surface area (Å²) in [7, 11) is 0. The zero-order valence-electron chi connectivity index (χ0n) is 12.5. The molecule has 3 aromatic rings. The van der Waals surface area contributed by atoms with Crippen LogP contribution in [-0.2, 0) is 6.42 Å². The van der Waals surface area contributed by atoms with Crippen LogP contribution in [0.2, 0.25) is 0 Å². The Hall–Kier alpha value is -1.65. The van der Waals surface area contributed by atoms with Crippen molar-refractivity contribution in [1.82, 2.24) is 14.7 Å². The number of likely N-dealkylation sites (N-methyl/N-ethyl adjacent to an activating group) is 1. The third-order valence-electron chi connectivity index (χ3n) is 3.97. The monoisotopic (exact) mass is 299 g/mol. The van der Waals surface area contributed by atoms with Gasteiger partial charge in [0.05, 0.1) is 5.69 Å². The minimum absolute atomic E-state index is 0.405. The molecule has 0 spiro atoms. The number of rotatable bonds is 6. The van der Waals surface area contributed by atoms with Crippen molar-refractivity contribution in [3.8, 4) is 0 Å². The molecule has 0 bridgehead atoms. The van der Waals surface area contributed by atoms with Gasteiger partial charge in [0.15, 0.2) is 4.96 Å². The summed E-state index contributed by atoms with van der Waals surface area (Å²) in [6, 6.07) is 11.1. The number of nitrogens with zero attached hydrogens (tertiary/aromatic N) is 2. The third-order valence-corrected chi connectivity index (χ3v) is 4.74. The average molecular weight is 299 g/mol. The Morgan fingerprint density at radius 1 is 1.29 bits per heavy atom. The first-order valence-electron chi connectivity index (χ1n) is 7.47. The molecule has 3 nitrogen and oxygen atoms in total. The molecule has 2 heterocycles. The van der Waals surface area contributed by atoms with Gasteiger partial charge < -0.3 is 5.32 Å². The first-order valence-corrected chi connectivity index (χ1v) is 8.35. The Bertz CT molecular complexity index is 658. The van der Waals surface area contributed by atoms with Crippen LogP contribution in [0.15, 0.2) is 48.1 Å². The number of hydrogen-bond acceptors (Lipinski definition) is 3. The number of hydrogen-bond donors (Lipinski definition) is 1. The molecule has 110 valence electrons. The average Bonchev–Trinajstić information content (AvgIpc) is 3.08. The van der Waals surface area contributed by atoms with Crippen molar-refractivity contribution in [2.24, 2.45) is 0 Å². The summed E-state index contributed by atoms with van der Waals surface area (Å²) in [5, 5.41) is 5.69. The molecule has 0 radical (unpaired) electrons. The highest BCUT2D eigenvalue weighted by atomic mass is 32.1. The number of imidazole rings is 1. The topological polar surface area (TPSA) is 29.3 Å². The van der Waals surface area contributed by atoms with E-state index in [2.05, 4.69) is 71.7 Å². The highest BCUT2D eigenvalue weighted by molar-refractivity contribution is 7.15. The van der Waals surface area contributed by atoms with Crippen molar-refractivity contribution in [3.05, 3.63) is 59.4 Å². The van der Waals surface area contributed by atoms with Crippen molar-refractivity contribution in [2.45, 2.75) is 32.2 Å². The van der Waals surface area contributed by atoms with E-state index in [0.29, 0.717) is 12.0 Å². The van der Waals surface area contributed by atoms with Crippen LogP contribution in [0.1, 0.15) is 31.0 Å². The van der Waals surface area contributed by atoms with Crippen LogP contribution >= 0.6 is 11.3 Å². The van der Waals surface area contributed by atoms with Gasteiger partial charge in [-0.15, -0.1) is 11.3 Å². The molecule has 0 fully saturated rings. The Labute approximate surface area is 129 Å². The Morgan fingerprint density at radius 3 is 2.81 bits per heavy atom. The van der Waals surface area contributed by atoms with Gasteiger partial charge in [-0.1, -0.05) is 44.2 Å². The largest absolute Gasteiger partial charge is 0.313 e. The molecule has 0 aliphatic carbocycles. The summed E-state index contributed by atoms with van der Waals surface area (Å²) in [6.45, 7) is 5.43. The van der Waals surface area contributed by atoms with Crippen LogP contribution in [0.3, 0.4) is 0 Å². The van der Waals surface area contributed by atoms with Crippen molar-refractivity contribution >= 4 is 16.3 Å².